The molecule has 0 fully saturated rings. The Morgan fingerprint density at radius 3 is 2.26 bits per heavy atom. The molecule has 1 heterocycles. The van der Waals surface area contributed by atoms with E-state index in [9.17, 15) is 18.0 Å². The molecule has 0 spiro atoms. The van der Waals surface area contributed by atoms with E-state index < -0.39 is 22.0 Å². The van der Waals surface area contributed by atoms with Crippen molar-refractivity contribution in [1.29, 1.82) is 0 Å². The lowest BCUT2D eigenvalue weighted by Crippen LogP contribution is -2.17. The molecule has 162 valence electrons. The Kier molecular flexibility index (Phi) is 6.99. The first-order valence-electron chi connectivity index (χ1n) is 9.02. The molecule has 1 aromatic heterocycles. The van der Waals surface area contributed by atoms with Gasteiger partial charge in [-0.1, -0.05) is 23.7 Å². The lowest BCUT2D eigenvalue weighted by atomic mass is 10.1. The fourth-order valence-corrected chi connectivity index (χ4v) is 5.67. The second-order valence-electron chi connectivity index (χ2n) is 6.21. The molecule has 0 bridgehead atoms. The normalized spacial score (nSPS) is 11.1. The third kappa shape index (κ3) is 5.07. The zero-order valence-electron chi connectivity index (χ0n) is 16.5. The van der Waals surface area contributed by atoms with Crippen LogP contribution in [0, 0.1) is 0 Å². The molecule has 2 aromatic carbocycles. The summed E-state index contributed by atoms with van der Waals surface area (Å²) in [6, 6.07) is 12.4. The van der Waals surface area contributed by atoms with E-state index in [1.165, 1.54) is 31.4 Å². The number of thiophene rings is 1. The number of carbonyl (C=O) groups is 2. The Balaban J connectivity index is 2.01. The summed E-state index contributed by atoms with van der Waals surface area (Å²) < 4.78 is 38.6. The van der Waals surface area contributed by atoms with Gasteiger partial charge in [0.2, 0.25) is 0 Å². The molecule has 0 aliphatic heterocycles. The van der Waals surface area contributed by atoms with Crippen LogP contribution >= 0.6 is 22.9 Å². The minimum absolute atomic E-state index is 0.0527. The van der Waals surface area contributed by atoms with Gasteiger partial charge in [-0.2, -0.15) is 0 Å². The first-order chi connectivity index (χ1) is 14.8. The van der Waals surface area contributed by atoms with Gasteiger partial charge in [0.25, 0.3) is 10.0 Å². The molecule has 0 aliphatic carbocycles. The Hall–Kier alpha value is -2.88. The highest BCUT2D eigenvalue weighted by molar-refractivity contribution is 7.93. The summed E-state index contributed by atoms with van der Waals surface area (Å²) in [6.07, 6.45) is 0. The molecule has 0 saturated carbocycles. The minimum atomic E-state index is -4.18. The van der Waals surface area contributed by atoms with E-state index in [1.807, 2.05) is 0 Å². The minimum Gasteiger partial charge on any atom is -0.465 e. The van der Waals surface area contributed by atoms with E-state index in [2.05, 4.69) is 4.72 Å². The van der Waals surface area contributed by atoms with E-state index >= 15 is 0 Å². The molecule has 7 nitrogen and oxygen atoms in total. The maximum Gasteiger partial charge on any atom is 0.349 e. The fraction of sp³-hybridized carbons (Fsp3) is 0.143. The Bertz CT molecular complexity index is 1200. The summed E-state index contributed by atoms with van der Waals surface area (Å²) in [5, 5.41) is 2.07. The van der Waals surface area contributed by atoms with Crippen molar-refractivity contribution in [2.75, 3.05) is 18.4 Å². The first-order valence-corrected chi connectivity index (χ1v) is 11.8. The van der Waals surface area contributed by atoms with Crippen molar-refractivity contribution in [2.45, 2.75) is 11.8 Å². The standard InChI is InChI=1S/C21H18ClNO6S2/c1-3-29-20(24)14-6-10-16(11-7-14)23-31(26,27)19-17(12-30-18(19)21(25)28-2)13-4-8-15(22)9-5-13/h4-12,23H,3H2,1-2H3. The Labute approximate surface area is 188 Å². The van der Waals surface area contributed by atoms with Crippen LogP contribution in [0.2, 0.25) is 5.02 Å². The highest BCUT2D eigenvalue weighted by atomic mass is 35.5. The van der Waals surface area contributed by atoms with Gasteiger partial charge in [-0.05, 0) is 48.9 Å². The zero-order chi connectivity index (χ0) is 22.6. The lowest BCUT2D eigenvalue weighted by Gasteiger charge is -2.12. The van der Waals surface area contributed by atoms with Crippen LogP contribution in [-0.4, -0.2) is 34.1 Å². The van der Waals surface area contributed by atoms with Crippen LogP contribution in [0.25, 0.3) is 11.1 Å². The number of hydrogen-bond acceptors (Lipinski definition) is 7. The highest BCUT2D eigenvalue weighted by Crippen LogP contribution is 2.37. The second-order valence-corrected chi connectivity index (χ2v) is 9.14. The lowest BCUT2D eigenvalue weighted by molar-refractivity contribution is 0.0525. The van der Waals surface area contributed by atoms with E-state index in [4.69, 9.17) is 21.1 Å². The highest BCUT2D eigenvalue weighted by Gasteiger charge is 2.30. The summed E-state index contributed by atoms with van der Waals surface area (Å²) in [5.41, 5.74) is 1.43. The molecule has 0 amide bonds. The third-order valence-corrected chi connectivity index (χ3v) is 7.00. The topological polar surface area (TPSA) is 98.8 Å². The van der Waals surface area contributed by atoms with E-state index in [1.54, 1.807) is 36.6 Å². The van der Waals surface area contributed by atoms with Crippen molar-refractivity contribution in [3.63, 3.8) is 0 Å². The van der Waals surface area contributed by atoms with Crippen molar-refractivity contribution in [1.82, 2.24) is 0 Å². The number of esters is 2. The summed E-state index contributed by atoms with van der Waals surface area (Å²) in [7, 11) is -3.00. The monoisotopic (exact) mass is 479 g/mol. The number of methoxy groups -OCH3 is 1. The molecule has 0 aliphatic rings. The van der Waals surface area contributed by atoms with Crippen LogP contribution in [0.15, 0.2) is 58.8 Å². The molecular formula is C21H18ClNO6S2. The molecule has 1 N–H and O–H groups in total. The second kappa shape index (κ2) is 9.51. The summed E-state index contributed by atoms with van der Waals surface area (Å²) in [4.78, 5) is 23.8. The van der Waals surface area contributed by atoms with Gasteiger partial charge in [0, 0.05) is 21.7 Å². The number of ether oxygens (including phenoxy) is 2. The van der Waals surface area contributed by atoms with Gasteiger partial charge in [-0.3, -0.25) is 4.72 Å². The maximum absolute atomic E-state index is 13.3. The first kappa shape index (κ1) is 22.8. The number of hydrogen-bond donors (Lipinski definition) is 1. The quantitative estimate of drug-likeness (QED) is 0.487. The van der Waals surface area contributed by atoms with Crippen LogP contribution in [0.5, 0.6) is 0 Å². The van der Waals surface area contributed by atoms with Crippen molar-refractivity contribution < 1.29 is 27.5 Å². The van der Waals surface area contributed by atoms with Crippen LogP contribution in [0.3, 0.4) is 0 Å². The predicted octanol–water partition coefficient (Wildman–Crippen LogP) is 4.83. The van der Waals surface area contributed by atoms with Crippen molar-refractivity contribution in [2.24, 2.45) is 0 Å². The van der Waals surface area contributed by atoms with Crippen LogP contribution < -0.4 is 4.72 Å². The molecule has 3 rings (SSSR count). The molecule has 0 saturated heterocycles. The molecule has 10 heteroatoms. The summed E-state index contributed by atoms with van der Waals surface area (Å²) >= 11 is 6.90. The van der Waals surface area contributed by atoms with E-state index in [-0.39, 0.29) is 27.6 Å². The number of benzene rings is 2. The summed E-state index contributed by atoms with van der Waals surface area (Å²) in [5.74, 6) is -1.27. The Morgan fingerprint density at radius 2 is 1.68 bits per heavy atom. The van der Waals surface area contributed by atoms with Crippen LogP contribution in [0.4, 0.5) is 5.69 Å². The third-order valence-electron chi connectivity index (χ3n) is 4.19. The van der Waals surface area contributed by atoms with Gasteiger partial charge in [-0.15, -0.1) is 11.3 Å². The molecular weight excluding hydrogens is 462 g/mol. The molecule has 0 radical (unpaired) electrons. The molecule has 0 atom stereocenters. The SMILES string of the molecule is CCOC(=O)c1ccc(NS(=O)(=O)c2c(-c3ccc(Cl)cc3)csc2C(=O)OC)cc1. The average Bonchev–Trinajstić information content (AvgIpc) is 3.20. The predicted molar refractivity (Wildman–Crippen MR) is 119 cm³/mol. The van der Waals surface area contributed by atoms with E-state index in [0.29, 0.717) is 16.1 Å². The zero-order valence-corrected chi connectivity index (χ0v) is 18.9. The number of anilines is 1. The maximum atomic E-state index is 13.3. The molecule has 31 heavy (non-hydrogen) atoms. The van der Waals surface area contributed by atoms with Gasteiger partial charge >= 0.3 is 11.9 Å². The van der Waals surface area contributed by atoms with Crippen molar-refractivity contribution in [3.8, 4) is 11.1 Å². The molecule has 0 unspecified atom stereocenters. The van der Waals surface area contributed by atoms with Gasteiger partial charge in [-0.25, -0.2) is 18.0 Å². The molecule has 3 aromatic rings. The van der Waals surface area contributed by atoms with E-state index in [0.717, 1.165) is 11.3 Å². The van der Waals surface area contributed by atoms with Crippen LogP contribution in [0.1, 0.15) is 27.0 Å². The fourth-order valence-electron chi connectivity index (χ4n) is 2.77. The number of sulfonamides is 1. The largest absolute Gasteiger partial charge is 0.465 e. The number of carbonyl (C=O) groups excluding carboxylic acids is 2. The number of nitrogens with one attached hydrogen (secondary N) is 1. The van der Waals surface area contributed by atoms with Crippen LogP contribution in [-0.2, 0) is 19.5 Å². The van der Waals surface area contributed by atoms with Gasteiger partial charge in [0.05, 0.1) is 19.3 Å². The van der Waals surface area contributed by atoms with Gasteiger partial charge in [0.15, 0.2) is 0 Å². The number of rotatable bonds is 7. The summed E-state index contributed by atoms with van der Waals surface area (Å²) in [6.45, 7) is 1.92. The average molecular weight is 480 g/mol. The van der Waals surface area contributed by atoms with Crippen molar-refractivity contribution >= 4 is 50.6 Å². The van der Waals surface area contributed by atoms with Gasteiger partial charge < -0.3 is 9.47 Å². The Morgan fingerprint density at radius 1 is 1.03 bits per heavy atom. The van der Waals surface area contributed by atoms with Gasteiger partial charge in [0.1, 0.15) is 9.77 Å². The smallest absolute Gasteiger partial charge is 0.349 e. The number of halogens is 1. The van der Waals surface area contributed by atoms with Crippen molar-refractivity contribution in [3.05, 3.63) is 69.4 Å².